The van der Waals surface area contributed by atoms with Crippen LogP contribution in [0.2, 0.25) is 0 Å². The van der Waals surface area contributed by atoms with E-state index in [-0.39, 0.29) is 55.2 Å². The van der Waals surface area contributed by atoms with Crippen LogP contribution in [0.1, 0.15) is 42.5 Å². The van der Waals surface area contributed by atoms with Crippen LogP contribution in [-0.2, 0) is 12.0 Å². The smallest absolute Gasteiger partial charge is 0.220 e. The molecule has 1 aromatic carbocycles. The number of ketones is 1. The molecular weight excluding hydrogens is 412 g/mol. The molecule has 3 rings (SSSR count). The van der Waals surface area contributed by atoms with Crippen LogP contribution < -0.4 is 15.2 Å². The first-order valence-corrected chi connectivity index (χ1v) is 9.50. The molecule has 0 saturated heterocycles. The number of ether oxygens (including phenoxy) is 2. The molecule has 29 heavy (non-hydrogen) atoms. The maximum Gasteiger partial charge on any atom is 0.220 e. The summed E-state index contributed by atoms with van der Waals surface area (Å²) in [5.41, 5.74) is 7.46. The molecule has 0 spiro atoms. The topological polar surface area (TPSA) is 99.7 Å². The van der Waals surface area contributed by atoms with Gasteiger partial charge < -0.3 is 15.2 Å². The van der Waals surface area contributed by atoms with Gasteiger partial charge in [-0.3, -0.25) is 9.79 Å². The Hall–Kier alpha value is -2.32. The lowest BCUT2D eigenvalue weighted by Gasteiger charge is -2.30. The number of aromatic nitrogens is 2. The number of aliphatic imine (C=N–C) groups is 1. The third kappa shape index (κ3) is 5.83. The Morgan fingerprint density at radius 2 is 1.86 bits per heavy atom. The van der Waals surface area contributed by atoms with Crippen molar-refractivity contribution in [3.05, 3.63) is 47.3 Å². The van der Waals surface area contributed by atoms with E-state index >= 15 is 0 Å². The Balaban J connectivity index is 0.00000210. The van der Waals surface area contributed by atoms with E-state index in [4.69, 9.17) is 15.2 Å². The second kappa shape index (κ2) is 10.5. The van der Waals surface area contributed by atoms with E-state index in [1.807, 2.05) is 24.3 Å². The van der Waals surface area contributed by atoms with Gasteiger partial charge in [0.1, 0.15) is 0 Å². The van der Waals surface area contributed by atoms with Crippen molar-refractivity contribution in [2.75, 3.05) is 20.0 Å². The van der Waals surface area contributed by atoms with E-state index in [1.54, 1.807) is 11.8 Å². The Morgan fingerprint density at radius 3 is 2.45 bits per heavy atom. The van der Waals surface area contributed by atoms with Crippen molar-refractivity contribution < 1.29 is 14.3 Å². The number of rotatable bonds is 6. The van der Waals surface area contributed by atoms with E-state index < -0.39 is 0 Å². The van der Waals surface area contributed by atoms with Crippen LogP contribution >= 0.6 is 24.2 Å². The average molecular weight is 439 g/mol. The number of Topliss-reactive ketones (excluding diaryl/α,β-unsaturated/α-hetero) is 1. The van der Waals surface area contributed by atoms with Gasteiger partial charge in [0, 0.05) is 12.2 Å². The third-order valence-corrected chi connectivity index (χ3v) is 5.25. The molecule has 2 heterocycles. The number of carbonyl (C=O) groups excluding carboxylic acids is 1. The summed E-state index contributed by atoms with van der Waals surface area (Å²) in [7, 11) is 2.96. The van der Waals surface area contributed by atoms with Gasteiger partial charge in [-0.05, 0) is 24.5 Å². The molecule has 0 amide bonds. The largest absolute Gasteiger partial charge is 0.481 e. The number of amidine groups is 1. The number of carbonyl (C=O) groups is 1. The Labute approximate surface area is 181 Å². The van der Waals surface area contributed by atoms with Gasteiger partial charge in [0.05, 0.1) is 25.8 Å². The van der Waals surface area contributed by atoms with Crippen molar-refractivity contribution in [2.24, 2.45) is 10.7 Å². The molecule has 9 heteroatoms. The molecule has 1 atom stereocenters. The summed E-state index contributed by atoms with van der Waals surface area (Å²) in [6.07, 6.45) is 1.07. The Morgan fingerprint density at radius 1 is 1.21 bits per heavy atom. The van der Waals surface area contributed by atoms with Crippen LogP contribution in [-0.4, -0.2) is 40.9 Å². The molecule has 2 N–H and O–H groups in total. The number of hydrogen-bond acceptors (Lipinski definition) is 8. The highest BCUT2D eigenvalue weighted by Crippen LogP contribution is 2.35. The lowest BCUT2D eigenvalue weighted by atomic mass is 9.88. The second-order valence-electron chi connectivity index (χ2n) is 6.40. The number of nitrogens with zero attached hydrogens (tertiary/aromatic N) is 3. The summed E-state index contributed by atoms with van der Waals surface area (Å²) in [4.78, 5) is 25.6. The van der Waals surface area contributed by atoms with E-state index in [0.29, 0.717) is 5.17 Å². The van der Waals surface area contributed by atoms with Gasteiger partial charge in [-0.25, -0.2) is 0 Å². The molecule has 7 nitrogen and oxygen atoms in total. The van der Waals surface area contributed by atoms with Crippen LogP contribution in [0.3, 0.4) is 0 Å². The molecule has 1 aliphatic heterocycles. The van der Waals surface area contributed by atoms with E-state index in [2.05, 4.69) is 21.9 Å². The lowest BCUT2D eigenvalue weighted by molar-refractivity contribution is 0.0981. The van der Waals surface area contributed by atoms with Crippen LogP contribution in [0, 0.1) is 0 Å². The summed E-state index contributed by atoms with van der Waals surface area (Å²) in [6.45, 7) is 2.07. The summed E-state index contributed by atoms with van der Waals surface area (Å²) >= 11 is 1.57. The predicted octanol–water partition coefficient (Wildman–Crippen LogP) is 3.64. The summed E-state index contributed by atoms with van der Waals surface area (Å²) in [6, 6.07) is 9.39. The molecular formula is C20H27ClN4O3S. The summed E-state index contributed by atoms with van der Waals surface area (Å²) in [5, 5.41) is 0.599. The number of thioether (sulfide) groups is 1. The maximum absolute atomic E-state index is 12.7. The first-order valence-electron chi connectivity index (χ1n) is 8.51. The SMILES string of the molecule is C.COc1cc(OC)nc(C(=O)Cc2cccc([C@]3(C)CCSC(N)=N3)c2)n1.Cl. The normalized spacial score (nSPS) is 18.0. The Kier molecular flexibility index (Phi) is 8.91. The number of hydrogen-bond donors (Lipinski definition) is 1. The minimum atomic E-state index is -0.371. The van der Waals surface area contributed by atoms with Crippen LogP contribution in [0.15, 0.2) is 35.3 Å². The molecule has 1 aromatic heterocycles. The summed E-state index contributed by atoms with van der Waals surface area (Å²) in [5.74, 6) is 1.36. The fourth-order valence-electron chi connectivity index (χ4n) is 2.91. The van der Waals surface area contributed by atoms with Gasteiger partial charge in [0.2, 0.25) is 23.4 Å². The van der Waals surface area contributed by atoms with Gasteiger partial charge >= 0.3 is 0 Å². The molecule has 1 aliphatic rings. The fourth-order valence-corrected chi connectivity index (χ4v) is 3.89. The van der Waals surface area contributed by atoms with Gasteiger partial charge in [-0.15, -0.1) is 12.4 Å². The molecule has 0 radical (unpaired) electrons. The highest BCUT2D eigenvalue weighted by molar-refractivity contribution is 8.13. The first-order chi connectivity index (χ1) is 12.9. The zero-order valence-electron chi connectivity index (χ0n) is 16.0. The molecule has 0 unspecified atom stereocenters. The van der Waals surface area contributed by atoms with Crippen molar-refractivity contribution in [1.82, 2.24) is 9.97 Å². The minimum Gasteiger partial charge on any atom is -0.481 e. The van der Waals surface area contributed by atoms with Gasteiger partial charge in [-0.2, -0.15) is 9.97 Å². The van der Waals surface area contributed by atoms with E-state index in [9.17, 15) is 4.79 Å². The molecule has 0 fully saturated rings. The maximum atomic E-state index is 12.7. The molecule has 0 bridgehead atoms. The number of nitrogens with two attached hydrogens (primary N) is 1. The van der Waals surface area contributed by atoms with Crippen molar-refractivity contribution >= 4 is 35.1 Å². The number of halogens is 1. The van der Waals surface area contributed by atoms with Crippen molar-refractivity contribution in [1.29, 1.82) is 0 Å². The molecule has 2 aromatic rings. The van der Waals surface area contributed by atoms with Gasteiger partial charge in [0.15, 0.2) is 5.17 Å². The predicted molar refractivity (Wildman–Crippen MR) is 120 cm³/mol. The fraction of sp³-hybridized carbons (Fsp3) is 0.400. The van der Waals surface area contributed by atoms with Crippen LogP contribution in [0.4, 0.5) is 0 Å². The number of benzene rings is 1. The van der Waals surface area contributed by atoms with Gasteiger partial charge in [0.25, 0.3) is 0 Å². The monoisotopic (exact) mass is 438 g/mol. The first kappa shape index (κ1) is 24.7. The zero-order chi connectivity index (χ0) is 19.4. The van der Waals surface area contributed by atoms with Crippen molar-refractivity contribution in [3.8, 4) is 11.8 Å². The van der Waals surface area contributed by atoms with Crippen molar-refractivity contribution in [3.63, 3.8) is 0 Å². The molecule has 158 valence electrons. The van der Waals surface area contributed by atoms with Gasteiger partial charge in [-0.1, -0.05) is 43.5 Å². The zero-order valence-corrected chi connectivity index (χ0v) is 17.6. The number of methoxy groups -OCH3 is 2. The highest BCUT2D eigenvalue weighted by Gasteiger charge is 2.29. The minimum absolute atomic E-state index is 0. The second-order valence-corrected chi connectivity index (χ2v) is 7.51. The summed E-state index contributed by atoms with van der Waals surface area (Å²) < 4.78 is 10.2. The van der Waals surface area contributed by atoms with Crippen LogP contribution in [0.5, 0.6) is 11.8 Å². The van der Waals surface area contributed by atoms with Crippen molar-refractivity contribution in [2.45, 2.75) is 32.7 Å². The molecule has 0 saturated carbocycles. The Bertz CT molecular complexity index is 872. The third-order valence-electron chi connectivity index (χ3n) is 4.46. The molecule has 0 aliphatic carbocycles. The van der Waals surface area contributed by atoms with E-state index in [0.717, 1.165) is 23.3 Å². The lowest BCUT2D eigenvalue weighted by Crippen LogP contribution is -2.28. The quantitative estimate of drug-likeness (QED) is 0.687. The highest BCUT2D eigenvalue weighted by atomic mass is 35.5. The average Bonchev–Trinajstić information content (AvgIpc) is 2.67. The van der Waals surface area contributed by atoms with Crippen LogP contribution in [0.25, 0.3) is 0 Å². The standard InChI is InChI=1S/C19H22N4O3S.CH4.ClH/c1-19(7-8-27-18(20)23-19)13-6-4-5-12(9-13)10-14(24)17-21-15(25-2)11-16(22-17)26-3;;/h4-6,9,11H,7-8,10H2,1-3H3,(H2,20,23);1H4;1H/t19-;;/m0../s1. The van der Waals surface area contributed by atoms with E-state index in [1.165, 1.54) is 20.3 Å².